The summed E-state index contributed by atoms with van der Waals surface area (Å²) < 4.78 is 0. The van der Waals surface area contributed by atoms with Crippen molar-refractivity contribution in [2.75, 3.05) is 0 Å². The molecule has 2 aromatic carbocycles. The second-order valence-corrected chi connectivity index (χ2v) is 6.78. The number of amides is 1. The number of hydrogen-bond donors (Lipinski definition) is 0. The van der Waals surface area contributed by atoms with Gasteiger partial charge in [-0.15, -0.1) is 0 Å². The molecule has 1 saturated carbocycles. The number of hydrogen-bond acceptors (Lipinski definition) is 2. The van der Waals surface area contributed by atoms with Crippen LogP contribution in [0.3, 0.4) is 0 Å². The summed E-state index contributed by atoms with van der Waals surface area (Å²) in [6, 6.07) is 20.7. The average molecular weight is 330 g/mol. The molecular weight excluding hydrogens is 308 g/mol. The van der Waals surface area contributed by atoms with Gasteiger partial charge in [-0.1, -0.05) is 60.7 Å². The van der Waals surface area contributed by atoms with Gasteiger partial charge in [0, 0.05) is 12.8 Å². The van der Waals surface area contributed by atoms with Crippen LogP contribution in [-0.2, 0) is 4.79 Å². The smallest absolute Gasteiger partial charge is 0.240 e. The highest BCUT2D eigenvalue weighted by molar-refractivity contribution is 6.08. The third-order valence-electron chi connectivity index (χ3n) is 5.11. The second-order valence-electron chi connectivity index (χ2n) is 6.78. The Labute approximate surface area is 148 Å². The number of allylic oxidation sites excluding steroid dienone is 1. The molecule has 1 heterocycles. The number of rotatable bonds is 2. The van der Waals surface area contributed by atoms with Gasteiger partial charge in [0.1, 0.15) is 0 Å². The average Bonchev–Trinajstić information content (AvgIpc) is 3.04. The van der Waals surface area contributed by atoms with E-state index in [1.165, 1.54) is 16.7 Å². The molecule has 3 nitrogen and oxygen atoms in total. The maximum absolute atomic E-state index is 12.2. The molecule has 0 aromatic heterocycles. The minimum absolute atomic E-state index is 0.00909. The molecule has 1 aliphatic heterocycles. The first-order valence-corrected chi connectivity index (χ1v) is 8.93. The summed E-state index contributed by atoms with van der Waals surface area (Å²) in [6.07, 6.45) is 5.47. The van der Waals surface area contributed by atoms with Gasteiger partial charge in [-0.25, -0.2) is 5.01 Å². The number of fused-ring (bicyclic) bond motifs is 1. The van der Waals surface area contributed by atoms with Gasteiger partial charge >= 0.3 is 0 Å². The van der Waals surface area contributed by atoms with Crippen LogP contribution in [0.25, 0.3) is 6.08 Å². The van der Waals surface area contributed by atoms with Crippen LogP contribution < -0.4 is 0 Å². The maximum atomic E-state index is 12.2. The van der Waals surface area contributed by atoms with E-state index in [9.17, 15) is 4.79 Å². The third-order valence-corrected chi connectivity index (χ3v) is 5.11. The summed E-state index contributed by atoms with van der Waals surface area (Å²) in [5.41, 5.74) is 4.73. The molecule has 25 heavy (non-hydrogen) atoms. The molecule has 126 valence electrons. The van der Waals surface area contributed by atoms with Crippen molar-refractivity contribution < 1.29 is 4.79 Å². The minimum atomic E-state index is 0.00909. The molecule has 0 unspecified atom stereocenters. The van der Waals surface area contributed by atoms with Crippen LogP contribution in [-0.4, -0.2) is 16.6 Å². The van der Waals surface area contributed by atoms with E-state index in [4.69, 9.17) is 5.10 Å². The molecule has 1 aliphatic carbocycles. The van der Waals surface area contributed by atoms with Crippen LogP contribution in [0.5, 0.6) is 0 Å². The molecule has 0 radical (unpaired) electrons. The monoisotopic (exact) mass is 330 g/mol. The molecule has 1 amide bonds. The van der Waals surface area contributed by atoms with Crippen LogP contribution in [0.15, 0.2) is 71.3 Å². The van der Waals surface area contributed by atoms with Gasteiger partial charge in [0.05, 0.1) is 11.8 Å². The van der Waals surface area contributed by atoms with Crippen LogP contribution in [0.2, 0.25) is 0 Å². The molecular formula is C22H22N2O. The molecule has 2 aliphatic rings. The van der Waals surface area contributed by atoms with Crippen LogP contribution >= 0.6 is 0 Å². The summed E-state index contributed by atoms with van der Waals surface area (Å²) in [5.74, 6) is 0.296. The highest BCUT2D eigenvalue weighted by Gasteiger charge is 2.42. The lowest BCUT2D eigenvalue weighted by atomic mass is 9.77. The van der Waals surface area contributed by atoms with E-state index < -0.39 is 0 Å². The van der Waals surface area contributed by atoms with E-state index in [2.05, 4.69) is 42.5 Å². The Hall–Kier alpha value is -2.68. The zero-order chi connectivity index (χ0) is 17.2. The number of nitrogens with zero attached hydrogens (tertiary/aromatic N) is 2. The lowest BCUT2D eigenvalue weighted by molar-refractivity contribution is -0.131. The van der Waals surface area contributed by atoms with Gasteiger partial charge in [0.15, 0.2) is 0 Å². The molecule has 2 aromatic rings. The first-order chi connectivity index (χ1) is 12.2. The Morgan fingerprint density at radius 3 is 2.44 bits per heavy atom. The third kappa shape index (κ3) is 3.02. The van der Waals surface area contributed by atoms with Crippen molar-refractivity contribution in [3.63, 3.8) is 0 Å². The Morgan fingerprint density at radius 1 is 1.08 bits per heavy atom. The van der Waals surface area contributed by atoms with Crippen molar-refractivity contribution >= 4 is 17.7 Å². The quantitative estimate of drug-likeness (QED) is 0.776. The van der Waals surface area contributed by atoms with Gasteiger partial charge in [-0.05, 0) is 42.0 Å². The normalized spacial score (nSPS) is 24.1. The summed E-state index contributed by atoms with van der Waals surface area (Å²) in [6.45, 7) is 1.61. The van der Waals surface area contributed by atoms with Crippen molar-refractivity contribution in [2.24, 2.45) is 11.0 Å². The van der Waals surface area contributed by atoms with E-state index in [1.807, 2.05) is 24.3 Å². The molecule has 0 saturated heterocycles. The standard InChI is InChI=1S/C22H22N2O/c1-16(25)24-22(18-11-6-3-7-12-18)20-14-8-13-19(21(20)23-24)15-17-9-4-2-5-10-17/h2-7,9-12,15,20,22H,8,13-14H2,1H3/t20-,22-/m1/s1. The van der Waals surface area contributed by atoms with E-state index in [0.717, 1.165) is 25.0 Å². The Balaban J connectivity index is 1.74. The SMILES string of the molecule is CC(=O)N1N=C2C(=Cc3ccccc3)CCC[C@H]2[C@H]1c1ccccc1. The van der Waals surface area contributed by atoms with E-state index >= 15 is 0 Å². The fourth-order valence-electron chi connectivity index (χ4n) is 4.00. The van der Waals surface area contributed by atoms with Crippen molar-refractivity contribution in [1.29, 1.82) is 0 Å². The van der Waals surface area contributed by atoms with Gasteiger partial charge in [-0.2, -0.15) is 5.10 Å². The zero-order valence-corrected chi connectivity index (χ0v) is 14.4. The maximum Gasteiger partial charge on any atom is 0.240 e. The Bertz CT molecular complexity index is 824. The zero-order valence-electron chi connectivity index (χ0n) is 14.4. The summed E-state index contributed by atoms with van der Waals surface area (Å²) in [5, 5.41) is 6.47. The predicted octanol–water partition coefficient (Wildman–Crippen LogP) is 4.83. The topological polar surface area (TPSA) is 32.7 Å². The van der Waals surface area contributed by atoms with Crippen molar-refractivity contribution in [1.82, 2.24) is 5.01 Å². The number of benzene rings is 2. The summed E-state index contributed by atoms with van der Waals surface area (Å²) in [7, 11) is 0. The van der Waals surface area contributed by atoms with E-state index in [1.54, 1.807) is 11.9 Å². The molecule has 4 rings (SSSR count). The highest BCUT2D eigenvalue weighted by atomic mass is 16.2. The van der Waals surface area contributed by atoms with Crippen molar-refractivity contribution in [2.45, 2.75) is 32.2 Å². The summed E-state index contributed by atoms with van der Waals surface area (Å²) in [4.78, 5) is 12.2. The molecule has 1 fully saturated rings. The lowest BCUT2D eigenvalue weighted by Crippen LogP contribution is -2.30. The second kappa shape index (κ2) is 6.67. The van der Waals surface area contributed by atoms with Gasteiger partial charge in [0.25, 0.3) is 0 Å². The number of carbonyl (C=O) groups is 1. The Kier molecular flexibility index (Phi) is 4.22. The van der Waals surface area contributed by atoms with E-state index in [-0.39, 0.29) is 17.9 Å². The van der Waals surface area contributed by atoms with Crippen molar-refractivity contribution in [3.05, 3.63) is 77.4 Å². The molecule has 3 heteroatoms. The van der Waals surface area contributed by atoms with E-state index in [0.29, 0.717) is 0 Å². The Morgan fingerprint density at radius 2 is 1.76 bits per heavy atom. The van der Waals surface area contributed by atoms with Gasteiger partial charge in [-0.3, -0.25) is 4.79 Å². The largest absolute Gasteiger partial charge is 0.273 e. The predicted molar refractivity (Wildman–Crippen MR) is 101 cm³/mol. The fourth-order valence-corrected chi connectivity index (χ4v) is 4.00. The molecule has 0 bridgehead atoms. The number of hydrazone groups is 1. The molecule has 0 spiro atoms. The highest BCUT2D eigenvalue weighted by Crippen LogP contribution is 2.44. The first-order valence-electron chi connectivity index (χ1n) is 8.93. The van der Waals surface area contributed by atoms with Crippen molar-refractivity contribution in [3.8, 4) is 0 Å². The molecule has 2 atom stereocenters. The number of carbonyl (C=O) groups excluding carboxylic acids is 1. The van der Waals surface area contributed by atoms with Crippen LogP contribution in [0.4, 0.5) is 0 Å². The fraction of sp³-hybridized carbons (Fsp3) is 0.273. The van der Waals surface area contributed by atoms with Gasteiger partial charge in [0.2, 0.25) is 5.91 Å². The van der Waals surface area contributed by atoms with Gasteiger partial charge < -0.3 is 0 Å². The van der Waals surface area contributed by atoms with Crippen LogP contribution in [0, 0.1) is 5.92 Å². The van der Waals surface area contributed by atoms with Crippen LogP contribution in [0.1, 0.15) is 43.4 Å². The molecule has 0 N–H and O–H groups in total. The summed E-state index contributed by atoms with van der Waals surface area (Å²) >= 11 is 0. The first kappa shape index (κ1) is 15.8. The lowest BCUT2D eigenvalue weighted by Gasteiger charge is -2.29. The minimum Gasteiger partial charge on any atom is -0.273 e.